The third-order valence-corrected chi connectivity index (χ3v) is 7.52. The summed E-state index contributed by atoms with van der Waals surface area (Å²) in [6.45, 7) is 7.53. The molecule has 1 aliphatic rings. The number of hydrogen-bond donors (Lipinski definition) is 2. The van der Waals surface area contributed by atoms with Crippen molar-refractivity contribution >= 4 is 40.8 Å². The second-order valence-corrected chi connectivity index (χ2v) is 11.4. The molecule has 12 heteroatoms. The van der Waals surface area contributed by atoms with E-state index in [1.165, 1.54) is 24.1 Å². The SMILES string of the molecule is COC(=O)c1ccc2nc(C(=O)[C@@H](NC(=O)[C@@H]3CCCN3C(=O)[C@@H](NC(=O)OCc3ccccc3)C(C)C)C(C)C)oc2c1. The molecular formula is C32H38N4O8. The highest BCUT2D eigenvalue weighted by Gasteiger charge is 2.40. The molecule has 3 atom stereocenters. The molecule has 1 aliphatic heterocycles. The van der Waals surface area contributed by atoms with Crippen LogP contribution in [-0.2, 0) is 25.7 Å². The topological polar surface area (TPSA) is 157 Å². The Bertz CT molecular complexity index is 1520. The number of nitrogens with one attached hydrogen (secondary N) is 2. The molecule has 0 radical (unpaired) electrons. The number of hydrogen-bond acceptors (Lipinski definition) is 9. The van der Waals surface area contributed by atoms with Gasteiger partial charge in [0, 0.05) is 6.54 Å². The fourth-order valence-electron chi connectivity index (χ4n) is 5.08. The van der Waals surface area contributed by atoms with E-state index < -0.39 is 47.8 Å². The molecule has 3 aromatic rings. The van der Waals surface area contributed by atoms with Gasteiger partial charge in [0.05, 0.1) is 18.7 Å². The first-order valence-electron chi connectivity index (χ1n) is 14.6. The molecule has 2 aromatic carbocycles. The van der Waals surface area contributed by atoms with Crippen molar-refractivity contribution < 1.29 is 37.9 Å². The van der Waals surface area contributed by atoms with Crippen molar-refractivity contribution in [3.63, 3.8) is 0 Å². The number of benzene rings is 2. The van der Waals surface area contributed by atoms with Gasteiger partial charge in [0.25, 0.3) is 5.89 Å². The van der Waals surface area contributed by atoms with Crippen molar-refractivity contribution in [2.45, 2.75) is 65.3 Å². The van der Waals surface area contributed by atoms with Crippen LogP contribution in [0.4, 0.5) is 4.79 Å². The maximum absolute atomic E-state index is 13.6. The molecule has 12 nitrogen and oxygen atoms in total. The van der Waals surface area contributed by atoms with Crippen LogP contribution in [0.2, 0.25) is 0 Å². The molecule has 1 saturated heterocycles. The van der Waals surface area contributed by atoms with Gasteiger partial charge in [-0.05, 0) is 48.4 Å². The fourth-order valence-corrected chi connectivity index (χ4v) is 5.08. The lowest BCUT2D eigenvalue weighted by Gasteiger charge is -2.31. The van der Waals surface area contributed by atoms with Crippen molar-refractivity contribution in [1.29, 1.82) is 0 Å². The zero-order valence-electron chi connectivity index (χ0n) is 25.5. The molecule has 0 bridgehead atoms. The highest BCUT2D eigenvalue weighted by Crippen LogP contribution is 2.23. The minimum absolute atomic E-state index is 0.0531. The van der Waals surface area contributed by atoms with Gasteiger partial charge in [-0.25, -0.2) is 14.6 Å². The maximum atomic E-state index is 13.6. The van der Waals surface area contributed by atoms with Crippen LogP contribution in [-0.4, -0.2) is 71.3 Å². The van der Waals surface area contributed by atoms with E-state index in [2.05, 4.69) is 15.6 Å². The maximum Gasteiger partial charge on any atom is 0.408 e. The summed E-state index contributed by atoms with van der Waals surface area (Å²) in [5.74, 6) is -2.80. The summed E-state index contributed by atoms with van der Waals surface area (Å²) in [5, 5.41) is 5.46. The summed E-state index contributed by atoms with van der Waals surface area (Å²) in [7, 11) is 1.26. The zero-order valence-corrected chi connectivity index (χ0v) is 25.5. The number of carbonyl (C=O) groups is 5. The first-order chi connectivity index (χ1) is 21.0. The molecule has 1 fully saturated rings. The number of methoxy groups -OCH3 is 1. The van der Waals surface area contributed by atoms with Gasteiger partial charge in [0.2, 0.25) is 17.6 Å². The third-order valence-electron chi connectivity index (χ3n) is 7.52. The van der Waals surface area contributed by atoms with Crippen molar-refractivity contribution in [2.24, 2.45) is 11.8 Å². The van der Waals surface area contributed by atoms with E-state index in [1.807, 2.05) is 30.3 Å². The number of alkyl carbamates (subject to hydrolysis) is 1. The van der Waals surface area contributed by atoms with Crippen molar-refractivity contribution in [1.82, 2.24) is 20.5 Å². The Morgan fingerprint density at radius 3 is 2.34 bits per heavy atom. The normalized spacial score (nSPS) is 16.1. The highest BCUT2D eigenvalue weighted by atomic mass is 16.5. The fraction of sp³-hybridized carbons (Fsp3) is 0.438. The minimum atomic E-state index is -0.986. The van der Waals surface area contributed by atoms with E-state index in [0.29, 0.717) is 24.9 Å². The molecule has 2 N–H and O–H groups in total. The van der Waals surface area contributed by atoms with E-state index in [1.54, 1.807) is 33.8 Å². The van der Waals surface area contributed by atoms with Gasteiger partial charge in [0.1, 0.15) is 24.2 Å². The predicted octanol–water partition coefficient (Wildman–Crippen LogP) is 3.88. The predicted molar refractivity (Wildman–Crippen MR) is 160 cm³/mol. The number of rotatable bonds is 11. The van der Waals surface area contributed by atoms with Crippen LogP contribution < -0.4 is 10.6 Å². The molecule has 44 heavy (non-hydrogen) atoms. The van der Waals surface area contributed by atoms with E-state index >= 15 is 0 Å². The van der Waals surface area contributed by atoms with Crippen molar-refractivity contribution in [3.05, 3.63) is 65.5 Å². The van der Waals surface area contributed by atoms with Crippen LogP contribution in [0.5, 0.6) is 0 Å². The van der Waals surface area contributed by atoms with Gasteiger partial charge in [-0.2, -0.15) is 0 Å². The number of ether oxygens (including phenoxy) is 2. The zero-order chi connectivity index (χ0) is 32.0. The van der Waals surface area contributed by atoms with Crippen LogP contribution in [0.1, 0.15) is 67.1 Å². The molecule has 3 amide bonds. The molecule has 0 saturated carbocycles. The van der Waals surface area contributed by atoms with Gasteiger partial charge in [-0.15, -0.1) is 0 Å². The Morgan fingerprint density at radius 1 is 0.977 bits per heavy atom. The van der Waals surface area contributed by atoms with Gasteiger partial charge in [-0.1, -0.05) is 58.0 Å². The van der Waals surface area contributed by atoms with Gasteiger partial charge >= 0.3 is 12.1 Å². The van der Waals surface area contributed by atoms with Crippen LogP contribution in [0, 0.1) is 11.8 Å². The summed E-state index contributed by atoms with van der Waals surface area (Å²) in [6.07, 6.45) is 0.253. The number of nitrogens with zero attached hydrogens (tertiary/aromatic N) is 2. The molecule has 2 heterocycles. The van der Waals surface area contributed by atoms with Crippen molar-refractivity contribution in [3.8, 4) is 0 Å². The van der Waals surface area contributed by atoms with Crippen molar-refractivity contribution in [2.75, 3.05) is 13.7 Å². The number of aromatic nitrogens is 1. The van der Waals surface area contributed by atoms with E-state index in [4.69, 9.17) is 13.9 Å². The lowest BCUT2D eigenvalue weighted by atomic mass is 9.98. The summed E-state index contributed by atoms with van der Waals surface area (Å²) in [6, 6.07) is 11.0. The Kier molecular flexibility index (Phi) is 10.4. The lowest BCUT2D eigenvalue weighted by molar-refractivity contribution is -0.141. The van der Waals surface area contributed by atoms with Crippen LogP contribution in [0.15, 0.2) is 52.9 Å². The van der Waals surface area contributed by atoms with Crippen LogP contribution >= 0.6 is 0 Å². The minimum Gasteiger partial charge on any atom is -0.465 e. The molecule has 4 rings (SSSR count). The van der Waals surface area contributed by atoms with E-state index in [9.17, 15) is 24.0 Å². The highest BCUT2D eigenvalue weighted by molar-refractivity contribution is 6.02. The van der Waals surface area contributed by atoms with E-state index in [-0.39, 0.29) is 35.5 Å². The standard InChI is InChI=1S/C32H38N4O8/c1-18(2)25(27(37)29-33-22-14-13-21(31(40)42-5)16-24(22)44-29)34-28(38)23-12-9-15-36(23)30(39)26(19(3)4)35-32(41)43-17-20-10-7-6-8-11-20/h6-8,10-11,13-14,16,18-19,23,25-26H,9,12,15,17H2,1-5H3,(H,34,38)(H,35,41)/t23-,25-,26-/m0/s1. The summed E-state index contributed by atoms with van der Waals surface area (Å²) in [5.41, 5.74) is 1.65. The summed E-state index contributed by atoms with van der Waals surface area (Å²) < 4.78 is 15.7. The molecule has 1 aromatic heterocycles. The number of oxazole rings is 1. The number of esters is 1. The summed E-state index contributed by atoms with van der Waals surface area (Å²) in [4.78, 5) is 70.8. The largest absolute Gasteiger partial charge is 0.465 e. The number of likely N-dealkylation sites (tertiary alicyclic amines) is 1. The molecule has 0 spiro atoms. The van der Waals surface area contributed by atoms with Gasteiger partial charge in [0.15, 0.2) is 5.58 Å². The number of amides is 3. The second-order valence-electron chi connectivity index (χ2n) is 11.4. The quantitative estimate of drug-likeness (QED) is 0.244. The summed E-state index contributed by atoms with van der Waals surface area (Å²) >= 11 is 0. The Labute approximate surface area is 255 Å². The first-order valence-corrected chi connectivity index (χ1v) is 14.6. The Balaban J connectivity index is 1.44. The molecule has 0 aliphatic carbocycles. The second kappa shape index (κ2) is 14.2. The molecule has 234 valence electrons. The smallest absolute Gasteiger partial charge is 0.408 e. The number of fused-ring (bicyclic) bond motifs is 1. The molecule has 0 unspecified atom stereocenters. The van der Waals surface area contributed by atoms with Gasteiger partial charge in [-0.3, -0.25) is 14.4 Å². The first kappa shape index (κ1) is 32.2. The molecular weight excluding hydrogens is 568 g/mol. The average molecular weight is 607 g/mol. The third kappa shape index (κ3) is 7.42. The Morgan fingerprint density at radius 2 is 1.68 bits per heavy atom. The Hall–Kier alpha value is -4.74. The van der Waals surface area contributed by atoms with Crippen LogP contribution in [0.3, 0.4) is 0 Å². The monoisotopic (exact) mass is 606 g/mol. The number of ketones is 1. The average Bonchev–Trinajstić information content (AvgIpc) is 3.68. The lowest BCUT2D eigenvalue weighted by Crippen LogP contribution is -2.57. The van der Waals surface area contributed by atoms with Gasteiger partial charge < -0.3 is 29.4 Å². The van der Waals surface area contributed by atoms with E-state index in [0.717, 1.165) is 5.56 Å². The van der Waals surface area contributed by atoms with Crippen LogP contribution in [0.25, 0.3) is 11.1 Å². The number of Topliss-reactive ketones (excluding diaryl/α,β-unsaturated/α-hetero) is 1. The number of carbonyl (C=O) groups excluding carboxylic acids is 5.